The number of benzene rings is 2. The molecule has 2 aliphatic heterocycles. The number of urea groups is 1. The minimum Gasteiger partial charge on any atom is -0.497 e. The molecule has 7 nitrogen and oxygen atoms in total. The van der Waals surface area contributed by atoms with Crippen LogP contribution in [0.25, 0.3) is 0 Å². The summed E-state index contributed by atoms with van der Waals surface area (Å²) in [4.78, 5) is 32.8. The highest BCUT2D eigenvalue weighted by atomic mass is 16.5. The van der Waals surface area contributed by atoms with Crippen LogP contribution in [0.1, 0.15) is 63.4 Å². The van der Waals surface area contributed by atoms with Gasteiger partial charge in [0, 0.05) is 26.2 Å². The van der Waals surface area contributed by atoms with E-state index in [0.29, 0.717) is 39.0 Å². The first-order chi connectivity index (χ1) is 17.6. The molecule has 2 aromatic rings. The first kappa shape index (κ1) is 27.0. The van der Waals surface area contributed by atoms with Crippen LogP contribution < -0.4 is 10.1 Å². The van der Waals surface area contributed by atoms with Crippen LogP contribution in [0.4, 0.5) is 4.79 Å². The fraction of sp³-hybridized carbons (Fsp3) is 0.533. The summed E-state index contributed by atoms with van der Waals surface area (Å²) < 4.78 is 5.30. The van der Waals surface area contributed by atoms with Crippen LogP contribution in [0.15, 0.2) is 48.5 Å². The van der Waals surface area contributed by atoms with Gasteiger partial charge in [0.05, 0.1) is 7.11 Å². The summed E-state index contributed by atoms with van der Waals surface area (Å²) in [5.74, 6) is 0.999. The monoisotopic (exact) mass is 506 g/mol. The highest BCUT2D eigenvalue weighted by Crippen LogP contribution is 2.45. The van der Waals surface area contributed by atoms with Crippen LogP contribution in [-0.4, -0.2) is 72.5 Å². The molecule has 1 atom stereocenters. The van der Waals surface area contributed by atoms with Gasteiger partial charge >= 0.3 is 6.03 Å². The average Bonchev–Trinajstić information content (AvgIpc) is 3.09. The lowest BCUT2D eigenvalue weighted by Crippen LogP contribution is -2.57. The molecule has 2 saturated heterocycles. The maximum atomic E-state index is 14.2. The Morgan fingerprint density at radius 2 is 1.68 bits per heavy atom. The number of hydrogen-bond acceptors (Lipinski definition) is 4. The molecule has 7 heteroatoms. The zero-order valence-electron chi connectivity index (χ0n) is 23.2. The lowest BCUT2D eigenvalue weighted by molar-refractivity contribution is -0.135. The molecule has 0 aliphatic carbocycles. The quantitative estimate of drug-likeness (QED) is 0.623. The molecule has 1 spiro atoms. The maximum absolute atomic E-state index is 14.2. The zero-order valence-corrected chi connectivity index (χ0v) is 23.2. The van der Waals surface area contributed by atoms with Gasteiger partial charge in [-0.25, -0.2) is 4.79 Å². The summed E-state index contributed by atoms with van der Waals surface area (Å²) in [7, 11) is 3.75. The van der Waals surface area contributed by atoms with Crippen molar-refractivity contribution in [3.63, 3.8) is 0 Å². The standard InChI is InChI=1S/C30H42N4O3/c1-7-31-28(36)33-20-17-30(18-21-33)27(35)34(19-16-22-8-14-25(37-6)15-9-22)26(32(30)5)23-10-12-24(13-11-23)29(2,3)4/h8-15,26H,7,16-21H2,1-6H3,(H,31,36). The maximum Gasteiger partial charge on any atom is 0.317 e. The van der Waals surface area contributed by atoms with Crippen molar-refractivity contribution in [2.45, 2.75) is 64.1 Å². The number of nitrogens with zero attached hydrogens (tertiary/aromatic N) is 3. The van der Waals surface area contributed by atoms with E-state index in [1.807, 2.05) is 24.0 Å². The van der Waals surface area contributed by atoms with Gasteiger partial charge in [-0.3, -0.25) is 9.69 Å². The predicted molar refractivity (Wildman–Crippen MR) is 147 cm³/mol. The van der Waals surface area contributed by atoms with E-state index in [0.717, 1.165) is 17.7 Å². The molecule has 1 N–H and O–H groups in total. The first-order valence-corrected chi connectivity index (χ1v) is 13.4. The number of piperidine rings is 1. The molecule has 2 aromatic carbocycles. The first-order valence-electron chi connectivity index (χ1n) is 13.4. The number of likely N-dealkylation sites (N-methyl/N-ethyl adjacent to an activating group) is 1. The van der Waals surface area contributed by atoms with E-state index in [2.05, 4.69) is 79.3 Å². The van der Waals surface area contributed by atoms with Crippen molar-refractivity contribution in [3.05, 3.63) is 65.2 Å². The van der Waals surface area contributed by atoms with Gasteiger partial charge in [0.1, 0.15) is 17.5 Å². The molecule has 0 aromatic heterocycles. The summed E-state index contributed by atoms with van der Waals surface area (Å²) in [5, 5.41) is 2.89. The number of nitrogens with one attached hydrogen (secondary N) is 1. The van der Waals surface area contributed by atoms with Crippen molar-refractivity contribution in [1.29, 1.82) is 0 Å². The van der Waals surface area contributed by atoms with Crippen LogP contribution >= 0.6 is 0 Å². The number of amides is 3. The third-order valence-electron chi connectivity index (χ3n) is 8.08. The molecule has 2 heterocycles. The van der Waals surface area contributed by atoms with Crippen LogP contribution in [0.3, 0.4) is 0 Å². The Morgan fingerprint density at radius 3 is 2.22 bits per heavy atom. The lowest BCUT2D eigenvalue weighted by atomic mass is 9.85. The minimum absolute atomic E-state index is 0.0453. The second kappa shape index (κ2) is 10.7. The summed E-state index contributed by atoms with van der Waals surface area (Å²) >= 11 is 0. The third-order valence-corrected chi connectivity index (χ3v) is 8.08. The number of ether oxygens (including phenoxy) is 1. The van der Waals surface area contributed by atoms with Crippen molar-refractivity contribution in [2.75, 3.05) is 40.3 Å². The molecule has 0 saturated carbocycles. The number of hydrogen-bond donors (Lipinski definition) is 1. The average molecular weight is 507 g/mol. The molecular weight excluding hydrogens is 464 g/mol. The van der Waals surface area contributed by atoms with E-state index in [-0.39, 0.29) is 23.5 Å². The molecule has 200 valence electrons. The van der Waals surface area contributed by atoms with Crippen molar-refractivity contribution in [3.8, 4) is 5.75 Å². The molecule has 37 heavy (non-hydrogen) atoms. The molecule has 2 fully saturated rings. The Bertz CT molecular complexity index is 1080. The van der Waals surface area contributed by atoms with Gasteiger partial charge in [0.15, 0.2) is 0 Å². The van der Waals surface area contributed by atoms with Crippen LogP contribution in [-0.2, 0) is 16.6 Å². The fourth-order valence-electron chi connectivity index (χ4n) is 5.71. The Kier molecular flexibility index (Phi) is 7.83. The third kappa shape index (κ3) is 5.33. The van der Waals surface area contributed by atoms with Gasteiger partial charge in [0.25, 0.3) is 0 Å². The summed E-state index contributed by atoms with van der Waals surface area (Å²) in [6, 6.07) is 16.8. The van der Waals surface area contributed by atoms with Crippen LogP contribution in [0, 0.1) is 0 Å². The summed E-state index contributed by atoms with van der Waals surface area (Å²) in [5.41, 5.74) is 3.04. The van der Waals surface area contributed by atoms with Gasteiger partial charge in [0.2, 0.25) is 5.91 Å². The van der Waals surface area contributed by atoms with Crippen molar-refractivity contribution in [1.82, 2.24) is 20.0 Å². The van der Waals surface area contributed by atoms with Crippen molar-refractivity contribution in [2.24, 2.45) is 0 Å². The Morgan fingerprint density at radius 1 is 1.05 bits per heavy atom. The fourth-order valence-corrected chi connectivity index (χ4v) is 5.71. The topological polar surface area (TPSA) is 65.1 Å². The van der Waals surface area contributed by atoms with Gasteiger partial charge in [-0.1, -0.05) is 57.2 Å². The molecule has 0 bridgehead atoms. The highest BCUT2D eigenvalue weighted by Gasteiger charge is 2.57. The molecule has 1 unspecified atom stereocenters. The molecule has 2 aliphatic rings. The van der Waals surface area contributed by atoms with Crippen LogP contribution in [0.2, 0.25) is 0 Å². The SMILES string of the molecule is CCNC(=O)N1CCC2(CC1)C(=O)N(CCc1ccc(OC)cc1)C(c1ccc(C(C)(C)C)cc1)N2C. The minimum atomic E-state index is -0.601. The Hall–Kier alpha value is -3.06. The van der Waals surface area contributed by atoms with Crippen molar-refractivity contribution >= 4 is 11.9 Å². The van der Waals surface area contributed by atoms with Crippen LogP contribution in [0.5, 0.6) is 5.75 Å². The normalized spacial score (nSPS) is 19.9. The number of carbonyl (C=O) groups is 2. The van der Waals surface area contributed by atoms with Crippen molar-refractivity contribution < 1.29 is 14.3 Å². The van der Waals surface area contributed by atoms with E-state index in [9.17, 15) is 9.59 Å². The number of methoxy groups -OCH3 is 1. The predicted octanol–water partition coefficient (Wildman–Crippen LogP) is 4.57. The van der Waals surface area contributed by atoms with E-state index in [1.54, 1.807) is 7.11 Å². The number of likely N-dealkylation sites (tertiary alicyclic amines) is 1. The van der Waals surface area contributed by atoms with E-state index in [1.165, 1.54) is 11.1 Å². The molecule has 0 radical (unpaired) electrons. The van der Waals surface area contributed by atoms with Gasteiger partial charge < -0.3 is 19.9 Å². The van der Waals surface area contributed by atoms with E-state index >= 15 is 0 Å². The van der Waals surface area contributed by atoms with Gasteiger partial charge in [-0.15, -0.1) is 0 Å². The van der Waals surface area contributed by atoms with Gasteiger partial charge in [-0.05, 0) is 67.5 Å². The van der Waals surface area contributed by atoms with E-state index in [4.69, 9.17) is 4.74 Å². The Balaban J connectivity index is 1.61. The molecule has 3 amide bonds. The lowest BCUT2D eigenvalue weighted by Gasteiger charge is -2.42. The second-order valence-electron chi connectivity index (χ2n) is 11.3. The number of carbonyl (C=O) groups excluding carboxylic acids is 2. The van der Waals surface area contributed by atoms with Gasteiger partial charge in [-0.2, -0.15) is 0 Å². The smallest absolute Gasteiger partial charge is 0.317 e. The second-order valence-corrected chi connectivity index (χ2v) is 11.3. The zero-order chi connectivity index (χ0) is 26.8. The largest absolute Gasteiger partial charge is 0.497 e. The Labute approximate surface area is 221 Å². The molecule has 4 rings (SSSR count). The highest BCUT2D eigenvalue weighted by molar-refractivity contribution is 5.89. The number of rotatable bonds is 6. The van der Waals surface area contributed by atoms with E-state index < -0.39 is 5.54 Å². The summed E-state index contributed by atoms with van der Waals surface area (Å²) in [6.07, 6.45) is 1.89. The summed E-state index contributed by atoms with van der Waals surface area (Å²) in [6.45, 7) is 10.9. The molecular formula is C30H42N4O3.